The SMILES string of the molecule is CC(C)(C)CC1CN=C(Nc2c(F)c(F)cc(F)c2F)S1. The second-order valence-electron chi connectivity index (χ2n) is 6.12. The Labute approximate surface area is 125 Å². The van der Waals surface area contributed by atoms with Crippen molar-refractivity contribution < 1.29 is 17.6 Å². The molecule has 2 nitrogen and oxygen atoms in total. The molecule has 0 spiro atoms. The van der Waals surface area contributed by atoms with Gasteiger partial charge in [0.25, 0.3) is 0 Å². The van der Waals surface area contributed by atoms with Crippen LogP contribution < -0.4 is 5.32 Å². The molecule has 2 rings (SSSR count). The Morgan fingerprint density at radius 3 is 2.29 bits per heavy atom. The Hall–Kier alpha value is -1.24. The molecule has 0 saturated carbocycles. The maximum absolute atomic E-state index is 13.6. The van der Waals surface area contributed by atoms with E-state index in [1.54, 1.807) is 0 Å². The molecule has 0 radical (unpaired) electrons. The molecule has 1 aromatic rings. The molecule has 0 bridgehead atoms. The van der Waals surface area contributed by atoms with Crippen LogP contribution in [0.2, 0.25) is 0 Å². The fraction of sp³-hybridized carbons (Fsp3) is 0.500. The number of benzene rings is 1. The van der Waals surface area contributed by atoms with E-state index >= 15 is 0 Å². The quantitative estimate of drug-likeness (QED) is 0.638. The topological polar surface area (TPSA) is 24.4 Å². The monoisotopic (exact) mass is 320 g/mol. The Morgan fingerprint density at radius 2 is 1.76 bits per heavy atom. The molecule has 1 atom stereocenters. The predicted molar refractivity (Wildman–Crippen MR) is 77.6 cm³/mol. The van der Waals surface area contributed by atoms with Crippen LogP contribution in [0.15, 0.2) is 11.1 Å². The molecule has 0 aromatic heterocycles. The summed E-state index contributed by atoms with van der Waals surface area (Å²) in [5.41, 5.74) is -0.737. The minimum Gasteiger partial charge on any atom is -0.330 e. The van der Waals surface area contributed by atoms with E-state index in [9.17, 15) is 17.6 Å². The minimum absolute atomic E-state index is 0.101. The van der Waals surface area contributed by atoms with E-state index in [4.69, 9.17) is 0 Å². The van der Waals surface area contributed by atoms with Gasteiger partial charge in [0.1, 0.15) is 5.69 Å². The van der Waals surface area contributed by atoms with E-state index in [0.717, 1.165) is 6.42 Å². The van der Waals surface area contributed by atoms with Crippen molar-refractivity contribution in [2.45, 2.75) is 32.4 Å². The lowest BCUT2D eigenvalue weighted by molar-refractivity contribution is 0.375. The van der Waals surface area contributed by atoms with Crippen molar-refractivity contribution in [2.24, 2.45) is 10.4 Å². The third-order valence-corrected chi connectivity index (χ3v) is 4.00. The highest BCUT2D eigenvalue weighted by Crippen LogP contribution is 2.33. The van der Waals surface area contributed by atoms with Crippen LogP contribution in [0.5, 0.6) is 0 Å². The summed E-state index contributed by atoms with van der Waals surface area (Å²) in [4.78, 5) is 4.13. The van der Waals surface area contributed by atoms with Crippen LogP contribution in [0.1, 0.15) is 27.2 Å². The average Bonchev–Trinajstić information content (AvgIpc) is 2.77. The van der Waals surface area contributed by atoms with Crippen LogP contribution in [0, 0.1) is 28.7 Å². The van der Waals surface area contributed by atoms with Crippen LogP contribution in [-0.2, 0) is 0 Å². The number of aliphatic imine (C=N–C) groups is 1. The zero-order valence-corrected chi connectivity index (χ0v) is 12.8. The van der Waals surface area contributed by atoms with Gasteiger partial charge >= 0.3 is 0 Å². The van der Waals surface area contributed by atoms with Crippen molar-refractivity contribution in [3.05, 3.63) is 29.3 Å². The number of nitrogens with one attached hydrogen (secondary N) is 1. The van der Waals surface area contributed by atoms with Crippen LogP contribution >= 0.6 is 11.8 Å². The molecular weight excluding hydrogens is 304 g/mol. The number of anilines is 1. The number of rotatable bonds is 2. The normalized spacial score (nSPS) is 18.8. The first-order chi connectivity index (χ1) is 9.67. The summed E-state index contributed by atoms with van der Waals surface area (Å²) >= 11 is 1.32. The maximum atomic E-state index is 13.6. The number of hydrogen-bond donors (Lipinski definition) is 1. The van der Waals surface area contributed by atoms with E-state index in [0.29, 0.717) is 6.54 Å². The zero-order valence-electron chi connectivity index (χ0n) is 11.9. The number of amidine groups is 1. The minimum atomic E-state index is -1.45. The van der Waals surface area contributed by atoms with Gasteiger partial charge in [-0.2, -0.15) is 0 Å². The number of thioether (sulfide) groups is 1. The fourth-order valence-electron chi connectivity index (χ4n) is 2.07. The van der Waals surface area contributed by atoms with Gasteiger partial charge in [-0.3, -0.25) is 4.99 Å². The molecule has 7 heteroatoms. The van der Waals surface area contributed by atoms with Crippen molar-refractivity contribution in [3.8, 4) is 0 Å². The highest BCUT2D eigenvalue weighted by Gasteiger charge is 2.27. The molecule has 116 valence electrons. The third-order valence-electron chi connectivity index (χ3n) is 2.90. The van der Waals surface area contributed by atoms with Crippen molar-refractivity contribution in [1.29, 1.82) is 0 Å². The smallest absolute Gasteiger partial charge is 0.185 e. The highest BCUT2D eigenvalue weighted by molar-refractivity contribution is 8.15. The van der Waals surface area contributed by atoms with Gasteiger partial charge in [0.05, 0.1) is 6.54 Å². The summed E-state index contributed by atoms with van der Waals surface area (Å²) < 4.78 is 53.4. The standard InChI is InChI=1S/C14H16F4N2S/c1-14(2,3)5-7-6-19-13(21-7)20-12-10(17)8(15)4-9(16)11(12)18/h4,7H,5-6H2,1-3H3,(H,19,20). The molecule has 1 aliphatic heterocycles. The number of hydrogen-bond acceptors (Lipinski definition) is 3. The van der Waals surface area contributed by atoms with Crippen molar-refractivity contribution in [1.82, 2.24) is 0 Å². The lowest BCUT2D eigenvalue weighted by atomic mass is 9.90. The third kappa shape index (κ3) is 3.90. The summed E-state index contributed by atoms with van der Waals surface area (Å²) in [7, 11) is 0. The van der Waals surface area contributed by atoms with E-state index in [2.05, 4.69) is 31.1 Å². The summed E-state index contributed by atoms with van der Waals surface area (Å²) in [5.74, 6) is -5.77. The van der Waals surface area contributed by atoms with Crippen LogP contribution in [0.25, 0.3) is 0 Å². The molecule has 1 heterocycles. The molecule has 0 amide bonds. The first-order valence-corrected chi connectivity index (χ1v) is 7.36. The van der Waals surface area contributed by atoms with Gasteiger partial charge in [-0.05, 0) is 11.8 Å². The Bertz CT molecular complexity index is 555. The van der Waals surface area contributed by atoms with Crippen LogP contribution in [0.4, 0.5) is 23.2 Å². The second kappa shape index (κ2) is 5.87. The van der Waals surface area contributed by atoms with Gasteiger partial charge < -0.3 is 5.32 Å². The van der Waals surface area contributed by atoms with Gasteiger partial charge in [0.15, 0.2) is 28.4 Å². The largest absolute Gasteiger partial charge is 0.330 e. The Kier molecular flexibility index (Phi) is 4.51. The Balaban J connectivity index is 2.11. The molecule has 0 saturated heterocycles. The van der Waals surface area contributed by atoms with E-state index in [1.807, 2.05) is 0 Å². The van der Waals surface area contributed by atoms with Gasteiger partial charge in [0.2, 0.25) is 0 Å². The fourth-order valence-corrected chi connectivity index (χ4v) is 3.42. The van der Waals surface area contributed by atoms with E-state index in [1.165, 1.54) is 11.8 Å². The molecule has 1 N–H and O–H groups in total. The van der Waals surface area contributed by atoms with Crippen LogP contribution in [0.3, 0.4) is 0 Å². The van der Waals surface area contributed by atoms with E-state index in [-0.39, 0.29) is 21.9 Å². The molecular formula is C14H16F4N2S. The first kappa shape index (κ1) is 16.1. The first-order valence-electron chi connectivity index (χ1n) is 6.48. The number of halogens is 4. The van der Waals surface area contributed by atoms with Gasteiger partial charge in [-0.25, -0.2) is 17.6 Å². The summed E-state index contributed by atoms with van der Waals surface area (Å²) in [6.45, 7) is 6.76. The molecule has 1 aliphatic rings. The van der Waals surface area contributed by atoms with Gasteiger partial charge in [0, 0.05) is 11.3 Å². The van der Waals surface area contributed by atoms with Gasteiger partial charge in [-0.15, -0.1) is 0 Å². The van der Waals surface area contributed by atoms with E-state index < -0.39 is 29.0 Å². The predicted octanol–water partition coefficient (Wildman–Crippen LogP) is 4.56. The molecule has 21 heavy (non-hydrogen) atoms. The Morgan fingerprint density at radius 1 is 1.19 bits per heavy atom. The summed E-state index contributed by atoms with van der Waals surface area (Å²) in [5, 5.41) is 2.81. The van der Waals surface area contributed by atoms with Crippen LogP contribution in [-0.4, -0.2) is 17.0 Å². The van der Waals surface area contributed by atoms with Crippen molar-refractivity contribution >= 4 is 22.6 Å². The average molecular weight is 320 g/mol. The lowest BCUT2D eigenvalue weighted by Gasteiger charge is -2.21. The second-order valence-corrected chi connectivity index (χ2v) is 7.41. The zero-order chi connectivity index (χ0) is 15.8. The van der Waals surface area contributed by atoms with Crippen molar-refractivity contribution in [3.63, 3.8) is 0 Å². The summed E-state index contributed by atoms with van der Waals surface area (Å²) in [6, 6.07) is 0.182. The van der Waals surface area contributed by atoms with Crippen molar-refractivity contribution in [2.75, 3.05) is 11.9 Å². The maximum Gasteiger partial charge on any atom is 0.185 e. The molecule has 0 aliphatic carbocycles. The van der Waals surface area contributed by atoms with Gasteiger partial charge in [-0.1, -0.05) is 32.5 Å². The highest BCUT2D eigenvalue weighted by atomic mass is 32.2. The molecule has 1 unspecified atom stereocenters. The molecule has 0 fully saturated rings. The molecule has 1 aromatic carbocycles. The summed E-state index contributed by atoms with van der Waals surface area (Å²) in [6.07, 6.45) is 0.870. The number of nitrogens with zero attached hydrogens (tertiary/aromatic N) is 1. The lowest BCUT2D eigenvalue weighted by Crippen LogP contribution is -2.17.